The molecule has 3 heterocycles. The minimum Gasteiger partial charge on any atom is -0.369 e. The quantitative estimate of drug-likeness (QED) is 0.556. The topological polar surface area (TPSA) is 78.0 Å². The van der Waals surface area contributed by atoms with Gasteiger partial charge in [0.1, 0.15) is 4.83 Å². The van der Waals surface area contributed by atoms with E-state index in [1.54, 1.807) is 22.8 Å². The summed E-state index contributed by atoms with van der Waals surface area (Å²) in [6.07, 6.45) is 0. The number of carbonyl (C=O) groups is 1. The fourth-order valence-electron chi connectivity index (χ4n) is 2.20. The van der Waals surface area contributed by atoms with Crippen molar-refractivity contribution in [2.45, 2.75) is 30.8 Å². The van der Waals surface area contributed by atoms with Crippen molar-refractivity contribution >= 4 is 50.6 Å². The van der Waals surface area contributed by atoms with Crippen molar-refractivity contribution in [3.05, 3.63) is 33.2 Å². The number of nitrogens with zero attached hydrogens (tertiary/aromatic N) is 2. The van der Waals surface area contributed by atoms with Crippen molar-refractivity contribution in [1.29, 1.82) is 0 Å². The molecular weight excluding hydrogens is 350 g/mol. The molecule has 0 saturated heterocycles. The number of thioether (sulfide) groups is 1. The Morgan fingerprint density at radius 1 is 1.48 bits per heavy atom. The molecule has 0 aliphatic carbocycles. The lowest BCUT2D eigenvalue weighted by Gasteiger charge is -2.12. The van der Waals surface area contributed by atoms with Gasteiger partial charge in [0.25, 0.3) is 5.56 Å². The Hall–Kier alpha value is -1.64. The third kappa shape index (κ3) is 2.93. The highest BCUT2D eigenvalue weighted by molar-refractivity contribution is 8.00. The summed E-state index contributed by atoms with van der Waals surface area (Å²) in [6, 6.07) is 3.97. The van der Waals surface area contributed by atoms with Crippen LogP contribution in [0.2, 0.25) is 0 Å². The van der Waals surface area contributed by atoms with E-state index in [2.05, 4.69) is 4.98 Å². The predicted molar refractivity (Wildman–Crippen MR) is 97.4 cm³/mol. The van der Waals surface area contributed by atoms with Crippen molar-refractivity contribution < 1.29 is 4.79 Å². The summed E-state index contributed by atoms with van der Waals surface area (Å²) in [7, 11) is 0. The molecule has 1 unspecified atom stereocenters. The number of rotatable bonds is 5. The van der Waals surface area contributed by atoms with Crippen LogP contribution in [0, 0.1) is 0 Å². The Morgan fingerprint density at radius 2 is 2.26 bits per heavy atom. The lowest BCUT2D eigenvalue weighted by atomic mass is 10.2. The first-order valence-corrected chi connectivity index (χ1v) is 9.68. The molecular formula is C15H15N3O2S3. The number of amides is 1. The lowest BCUT2D eigenvalue weighted by Crippen LogP contribution is -2.26. The average molecular weight is 366 g/mol. The van der Waals surface area contributed by atoms with Gasteiger partial charge in [0.2, 0.25) is 5.91 Å². The Morgan fingerprint density at radius 3 is 2.87 bits per heavy atom. The number of carbonyl (C=O) groups excluding carboxylic acids is 1. The van der Waals surface area contributed by atoms with Gasteiger partial charge in [0.05, 0.1) is 10.6 Å². The molecule has 0 aromatic carbocycles. The molecule has 23 heavy (non-hydrogen) atoms. The molecule has 1 atom stereocenters. The van der Waals surface area contributed by atoms with Crippen LogP contribution in [0.15, 0.2) is 32.8 Å². The fourth-order valence-corrected chi connectivity index (χ4v) is 4.93. The summed E-state index contributed by atoms with van der Waals surface area (Å²) in [6.45, 7) is 4.11. The van der Waals surface area contributed by atoms with Crippen molar-refractivity contribution in [2.24, 2.45) is 5.73 Å². The molecule has 1 amide bonds. The number of thiophene rings is 2. The van der Waals surface area contributed by atoms with Gasteiger partial charge in [0, 0.05) is 22.4 Å². The highest BCUT2D eigenvalue weighted by Crippen LogP contribution is 2.34. The summed E-state index contributed by atoms with van der Waals surface area (Å²) in [4.78, 5) is 30.6. The normalized spacial score (nSPS) is 12.6. The Labute approximate surface area is 145 Å². The molecule has 3 aromatic rings. The van der Waals surface area contributed by atoms with Crippen LogP contribution in [0.1, 0.15) is 13.8 Å². The molecule has 2 N–H and O–H groups in total. The Bertz CT molecular complexity index is 912. The van der Waals surface area contributed by atoms with Gasteiger partial charge < -0.3 is 5.73 Å². The standard InChI is InChI=1S/C15H15N3O2S3/c1-3-18-14(20)11-9(10-5-4-6-21-10)7-22-13(11)17-15(18)23-8(2)12(16)19/h4-8H,3H2,1-2H3,(H2,16,19). The summed E-state index contributed by atoms with van der Waals surface area (Å²) in [5.74, 6) is -0.419. The number of primary amides is 1. The minimum atomic E-state index is -0.436. The van der Waals surface area contributed by atoms with E-state index in [4.69, 9.17) is 5.73 Å². The molecule has 0 bridgehead atoms. The van der Waals surface area contributed by atoms with Crippen molar-refractivity contribution in [2.75, 3.05) is 0 Å². The van der Waals surface area contributed by atoms with Crippen LogP contribution in [0.3, 0.4) is 0 Å². The number of hydrogen-bond donors (Lipinski definition) is 1. The van der Waals surface area contributed by atoms with Crippen LogP contribution in [0.4, 0.5) is 0 Å². The van der Waals surface area contributed by atoms with Crippen LogP contribution >= 0.6 is 34.4 Å². The molecule has 0 aliphatic heterocycles. The van der Waals surface area contributed by atoms with Gasteiger partial charge in [-0.3, -0.25) is 14.2 Å². The lowest BCUT2D eigenvalue weighted by molar-refractivity contribution is -0.117. The summed E-state index contributed by atoms with van der Waals surface area (Å²) < 4.78 is 1.61. The maximum absolute atomic E-state index is 12.9. The SMILES string of the molecule is CCn1c(SC(C)C(N)=O)nc2scc(-c3cccs3)c2c1=O. The van der Waals surface area contributed by atoms with Crippen molar-refractivity contribution in [3.8, 4) is 10.4 Å². The first-order chi connectivity index (χ1) is 11.0. The molecule has 0 aliphatic rings. The number of hydrogen-bond acceptors (Lipinski definition) is 6. The zero-order valence-electron chi connectivity index (χ0n) is 12.6. The molecule has 3 rings (SSSR count). The van der Waals surface area contributed by atoms with E-state index in [1.165, 1.54) is 23.1 Å². The number of fused-ring (bicyclic) bond motifs is 1. The van der Waals surface area contributed by atoms with Gasteiger partial charge in [-0.25, -0.2) is 4.98 Å². The predicted octanol–water partition coefficient (Wildman–Crippen LogP) is 3.17. The van der Waals surface area contributed by atoms with Crippen LogP contribution in [0.25, 0.3) is 20.7 Å². The summed E-state index contributed by atoms with van der Waals surface area (Å²) in [5, 5.41) is 4.71. The maximum atomic E-state index is 12.9. The maximum Gasteiger partial charge on any atom is 0.263 e. The zero-order valence-corrected chi connectivity index (χ0v) is 15.1. The van der Waals surface area contributed by atoms with Crippen molar-refractivity contribution in [3.63, 3.8) is 0 Å². The zero-order chi connectivity index (χ0) is 16.6. The number of nitrogens with two attached hydrogens (primary N) is 1. The third-order valence-electron chi connectivity index (χ3n) is 3.44. The van der Waals surface area contributed by atoms with Gasteiger partial charge in [-0.15, -0.1) is 22.7 Å². The van der Waals surface area contributed by atoms with Crippen LogP contribution < -0.4 is 11.3 Å². The molecule has 0 spiro atoms. The molecule has 3 aromatic heterocycles. The molecule has 0 fully saturated rings. The molecule has 8 heteroatoms. The monoisotopic (exact) mass is 365 g/mol. The average Bonchev–Trinajstić information content (AvgIpc) is 3.15. The van der Waals surface area contributed by atoms with E-state index >= 15 is 0 Å². The van der Waals surface area contributed by atoms with Gasteiger partial charge in [-0.1, -0.05) is 17.8 Å². The van der Waals surface area contributed by atoms with E-state index in [0.29, 0.717) is 21.9 Å². The van der Waals surface area contributed by atoms with E-state index in [-0.39, 0.29) is 5.56 Å². The number of aromatic nitrogens is 2. The summed E-state index contributed by atoms with van der Waals surface area (Å²) in [5.41, 5.74) is 6.18. The third-order valence-corrected chi connectivity index (χ3v) is 6.33. The summed E-state index contributed by atoms with van der Waals surface area (Å²) >= 11 is 4.27. The molecule has 120 valence electrons. The first kappa shape index (κ1) is 16.2. The van der Waals surface area contributed by atoms with E-state index in [0.717, 1.165) is 10.4 Å². The van der Waals surface area contributed by atoms with Gasteiger partial charge >= 0.3 is 0 Å². The fraction of sp³-hybridized carbons (Fsp3) is 0.267. The smallest absolute Gasteiger partial charge is 0.263 e. The Balaban J connectivity index is 2.19. The largest absolute Gasteiger partial charge is 0.369 e. The highest BCUT2D eigenvalue weighted by atomic mass is 32.2. The molecule has 0 radical (unpaired) electrons. The minimum absolute atomic E-state index is 0.0682. The van der Waals surface area contributed by atoms with E-state index < -0.39 is 11.2 Å². The Kier molecular flexibility index (Phi) is 4.56. The highest BCUT2D eigenvalue weighted by Gasteiger charge is 2.20. The van der Waals surface area contributed by atoms with Gasteiger partial charge in [0.15, 0.2) is 5.16 Å². The second kappa shape index (κ2) is 6.46. The molecule has 5 nitrogen and oxygen atoms in total. The molecule has 0 saturated carbocycles. The second-order valence-electron chi connectivity index (χ2n) is 4.91. The van der Waals surface area contributed by atoms with Crippen LogP contribution in [-0.2, 0) is 11.3 Å². The van der Waals surface area contributed by atoms with Gasteiger partial charge in [-0.05, 0) is 25.3 Å². The van der Waals surface area contributed by atoms with Crippen molar-refractivity contribution in [1.82, 2.24) is 9.55 Å². The van der Waals surface area contributed by atoms with Crippen LogP contribution in [-0.4, -0.2) is 20.7 Å². The van der Waals surface area contributed by atoms with Gasteiger partial charge in [-0.2, -0.15) is 0 Å². The first-order valence-electron chi connectivity index (χ1n) is 7.04. The van der Waals surface area contributed by atoms with E-state index in [9.17, 15) is 9.59 Å². The van der Waals surface area contributed by atoms with Crippen LogP contribution in [0.5, 0.6) is 0 Å². The second-order valence-corrected chi connectivity index (χ2v) is 8.03. The van der Waals surface area contributed by atoms with E-state index in [1.807, 2.05) is 29.8 Å².